The molecule has 0 spiro atoms. The second-order valence-corrected chi connectivity index (χ2v) is 5.52. The highest BCUT2D eigenvalue weighted by Gasteiger charge is 2.17. The monoisotopic (exact) mass is 264 g/mol. The first kappa shape index (κ1) is 12.6. The zero-order valence-corrected chi connectivity index (χ0v) is 11.2. The van der Waals surface area contributed by atoms with Gasteiger partial charge in [0.1, 0.15) is 9.71 Å². The molecule has 0 radical (unpaired) electrons. The Morgan fingerprint density at radius 3 is 2.89 bits per heavy atom. The fraction of sp³-hybridized carbons (Fsp3) is 0.333. The van der Waals surface area contributed by atoms with Crippen LogP contribution in [0, 0.1) is 5.92 Å². The minimum Gasteiger partial charge on any atom is -0.397 e. The summed E-state index contributed by atoms with van der Waals surface area (Å²) in [5, 5.41) is 4.10. The fourth-order valence-electron chi connectivity index (χ4n) is 1.69. The van der Waals surface area contributed by atoms with Gasteiger partial charge >= 0.3 is 0 Å². The van der Waals surface area contributed by atoms with Crippen LogP contribution in [0.4, 0.5) is 11.4 Å². The van der Waals surface area contributed by atoms with E-state index in [9.17, 15) is 4.79 Å². The standard InChI is InChI=1S/C12H16N4OS/c1-6(2)5-16-7-3-4-15-12-8(7)9(13)10(18-12)11(14)17/h3-4,6H,5,13H2,1-2H3,(H2,14,17)(H,15,16). The van der Waals surface area contributed by atoms with Crippen LogP contribution in [-0.2, 0) is 0 Å². The molecule has 0 atom stereocenters. The molecule has 0 aliphatic heterocycles. The summed E-state index contributed by atoms with van der Waals surface area (Å²) in [6, 6.07) is 1.86. The number of aromatic nitrogens is 1. The Balaban J connectivity index is 2.51. The van der Waals surface area contributed by atoms with E-state index in [1.807, 2.05) is 6.07 Å². The van der Waals surface area contributed by atoms with Gasteiger partial charge in [-0.05, 0) is 12.0 Å². The lowest BCUT2D eigenvalue weighted by Crippen LogP contribution is -2.11. The fourth-order valence-corrected chi connectivity index (χ4v) is 2.63. The Kier molecular flexibility index (Phi) is 3.38. The first-order valence-corrected chi connectivity index (χ1v) is 6.53. The van der Waals surface area contributed by atoms with Crippen molar-refractivity contribution in [2.45, 2.75) is 13.8 Å². The number of carbonyl (C=O) groups is 1. The molecule has 96 valence electrons. The van der Waals surface area contributed by atoms with Gasteiger partial charge in [-0.15, -0.1) is 11.3 Å². The smallest absolute Gasteiger partial charge is 0.260 e. The van der Waals surface area contributed by atoms with E-state index in [-0.39, 0.29) is 0 Å². The van der Waals surface area contributed by atoms with E-state index < -0.39 is 5.91 Å². The summed E-state index contributed by atoms with van der Waals surface area (Å²) in [4.78, 5) is 16.6. The van der Waals surface area contributed by atoms with Crippen molar-refractivity contribution in [3.8, 4) is 0 Å². The van der Waals surface area contributed by atoms with E-state index >= 15 is 0 Å². The van der Waals surface area contributed by atoms with Crippen molar-refractivity contribution in [3.63, 3.8) is 0 Å². The van der Waals surface area contributed by atoms with Crippen molar-refractivity contribution in [2.24, 2.45) is 11.7 Å². The van der Waals surface area contributed by atoms with Crippen molar-refractivity contribution in [2.75, 3.05) is 17.6 Å². The summed E-state index contributed by atoms with van der Waals surface area (Å²) in [5.41, 5.74) is 12.6. The van der Waals surface area contributed by atoms with E-state index in [1.54, 1.807) is 6.20 Å². The van der Waals surface area contributed by atoms with Crippen LogP contribution in [0.25, 0.3) is 10.2 Å². The zero-order valence-electron chi connectivity index (χ0n) is 10.4. The predicted octanol–water partition coefficient (Wildman–Crippen LogP) is 2.05. The summed E-state index contributed by atoms with van der Waals surface area (Å²) < 4.78 is 0. The molecule has 5 N–H and O–H groups in total. The van der Waals surface area contributed by atoms with E-state index in [0.717, 1.165) is 22.4 Å². The molecule has 2 heterocycles. The Bertz CT molecular complexity index is 591. The van der Waals surface area contributed by atoms with Crippen LogP contribution in [0.1, 0.15) is 23.5 Å². The summed E-state index contributed by atoms with van der Waals surface area (Å²) in [6.07, 6.45) is 1.70. The lowest BCUT2D eigenvalue weighted by Gasteiger charge is -2.10. The highest BCUT2D eigenvalue weighted by molar-refractivity contribution is 7.21. The molecule has 0 aromatic carbocycles. The Morgan fingerprint density at radius 2 is 2.28 bits per heavy atom. The molecule has 0 bridgehead atoms. The highest BCUT2D eigenvalue weighted by atomic mass is 32.1. The molecule has 1 amide bonds. The third-order valence-electron chi connectivity index (χ3n) is 2.55. The maximum Gasteiger partial charge on any atom is 0.260 e. The van der Waals surface area contributed by atoms with Crippen molar-refractivity contribution >= 4 is 38.8 Å². The molecule has 6 heteroatoms. The molecule has 18 heavy (non-hydrogen) atoms. The molecule has 0 aliphatic carbocycles. The topological polar surface area (TPSA) is 94.0 Å². The SMILES string of the molecule is CC(C)CNc1ccnc2sc(C(N)=O)c(N)c12. The number of hydrogen-bond acceptors (Lipinski definition) is 5. The van der Waals surface area contributed by atoms with Gasteiger partial charge in [-0.1, -0.05) is 13.8 Å². The molecule has 0 fully saturated rings. The molecular formula is C12H16N4OS. The van der Waals surface area contributed by atoms with Crippen molar-refractivity contribution in [3.05, 3.63) is 17.1 Å². The molecule has 2 rings (SSSR count). The van der Waals surface area contributed by atoms with E-state index in [2.05, 4.69) is 24.1 Å². The second kappa shape index (κ2) is 4.81. The zero-order chi connectivity index (χ0) is 13.3. The normalized spacial score (nSPS) is 11.1. The van der Waals surface area contributed by atoms with Crippen LogP contribution >= 0.6 is 11.3 Å². The molecule has 5 nitrogen and oxygen atoms in total. The van der Waals surface area contributed by atoms with Gasteiger partial charge < -0.3 is 16.8 Å². The first-order chi connectivity index (χ1) is 8.50. The molecular weight excluding hydrogens is 248 g/mol. The van der Waals surface area contributed by atoms with Gasteiger partial charge in [-0.2, -0.15) is 0 Å². The number of nitrogen functional groups attached to an aromatic ring is 1. The van der Waals surface area contributed by atoms with Crippen LogP contribution in [-0.4, -0.2) is 17.4 Å². The predicted molar refractivity (Wildman–Crippen MR) is 75.9 cm³/mol. The number of amides is 1. The Morgan fingerprint density at radius 1 is 1.56 bits per heavy atom. The highest BCUT2D eigenvalue weighted by Crippen LogP contribution is 2.36. The third-order valence-corrected chi connectivity index (χ3v) is 3.68. The molecule has 2 aromatic heterocycles. The Hall–Kier alpha value is -1.82. The van der Waals surface area contributed by atoms with Crippen LogP contribution < -0.4 is 16.8 Å². The minimum atomic E-state index is -0.509. The van der Waals surface area contributed by atoms with Gasteiger partial charge in [0.15, 0.2) is 0 Å². The quantitative estimate of drug-likeness (QED) is 0.787. The number of primary amides is 1. The van der Waals surface area contributed by atoms with Gasteiger partial charge in [-0.25, -0.2) is 4.98 Å². The van der Waals surface area contributed by atoms with Gasteiger partial charge in [0.2, 0.25) is 0 Å². The number of fused-ring (bicyclic) bond motifs is 1. The van der Waals surface area contributed by atoms with Crippen molar-refractivity contribution in [1.29, 1.82) is 0 Å². The van der Waals surface area contributed by atoms with E-state index in [4.69, 9.17) is 11.5 Å². The maximum atomic E-state index is 11.3. The van der Waals surface area contributed by atoms with Gasteiger partial charge in [0, 0.05) is 18.4 Å². The number of carbonyl (C=O) groups excluding carboxylic acids is 1. The average Bonchev–Trinajstić information content (AvgIpc) is 2.65. The average molecular weight is 264 g/mol. The molecule has 0 saturated carbocycles. The van der Waals surface area contributed by atoms with Crippen molar-refractivity contribution in [1.82, 2.24) is 4.98 Å². The Labute approximate surface area is 109 Å². The second-order valence-electron chi connectivity index (χ2n) is 4.52. The number of nitrogens with one attached hydrogen (secondary N) is 1. The lowest BCUT2D eigenvalue weighted by molar-refractivity contribution is 0.100. The van der Waals surface area contributed by atoms with Crippen LogP contribution in [0.3, 0.4) is 0 Å². The van der Waals surface area contributed by atoms with E-state index in [0.29, 0.717) is 16.5 Å². The van der Waals surface area contributed by atoms with Gasteiger partial charge in [0.25, 0.3) is 5.91 Å². The number of nitrogens with two attached hydrogens (primary N) is 2. The van der Waals surface area contributed by atoms with Crippen LogP contribution in [0.2, 0.25) is 0 Å². The number of anilines is 2. The number of pyridine rings is 1. The number of thiophene rings is 1. The number of hydrogen-bond donors (Lipinski definition) is 3. The van der Waals surface area contributed by atoms with Gasteiger partial charge in [0.05, 0.1) is 11.1 Å². The number of rotatable bonds is 4. The molecule has 0 aliphatic rings. The van der Waals surface area contributed by atoms with E-state index in [1.165, 1.54) is 11.3 Å². The summed E-state index contributed by atoms with van der Waals surface area (Å²) in [7, 11) is 0. The third kappa shape index (κ3) is 2.24. The minimum absolute atomic E-state index is 0.372. The summed E-state index contributed by atoms with van der Waals surface area (Å²) >= 11 is 1.23. The van der Waals surface area contributed by atoms with Gasteiger partial charge in [-0.3, -0.25) is 4.79 Å². The van der Waals surface area contributed by atoms with Crippen LogP contribution in [0.5, 0.6) is 0 Å². The lowest BCUT2D eigenvalue weighted by atomic mass is 10.2. The molecule has 0 saturated heterocycles. The number of nitrogens with zero attached hydrogens (tertiary/aromatic N) is 1. The van der Waals surface area contributed by atoms with Crippen molar-refractivity contribution < 1.29 is 4.79 Å². The maximum absolute atomic E-state index is 11.3. The largest absolute Gasteiger partial charge is 0.397 e. The first-order valence-electron chi connectivity index (χ1n) is 5.71. The summed E-state index contributed by atoms with van der Waals surface area (Å²) in [6.45, 7) is 5.08. The summed E-state index contributed by atoms with van der Waals surface area (Å²) in [5.74, 6) is 0.00833. The molecule has 2 aromatic rings. The van der Waals surface area contributed by atoms with Crippen LogP contribution in [0.15, 0.2) is 12.3 Å². The molecule has 0 unspecified atom stereocenters.